The molecule has 6 nitrogen and oxygen atoms in total. The van der Waals surface area contributed by atoms with Crippen molar-refractivity contribution in [3.8, 4) is 0 Å². The molecule has 0 amide bonds. The van der Waals surface area contributed by atoms with Crippen LogP contribution in [0, 0.1) is 0 Å². The van der Waals surface area contributed by atoms with Gasteiger partial charge in [0.15, 0.2) is 0 Å². The van der Waals surface area contributed by atoms with E-state index in [0.29, 0.717) is 11.4 Å². The molecule has 0 bridgehead atoms. The Hall–Kier alpha value is -2.50. The first-order valence-corrected chi connectivity index (χ1v) is 6.49. The van der Waals surface area contributed by atoms with Gasteiger partial charge in [-0.3, -0.25) is 9.59 Å². The molecule has 0 aromatic heterocycles. The molecule has 127 valence electrons. The number of carboxylic acid groups (broad SMARTS) is 2. The molecule has 0 fully saturated rings. The fourth-order valence-electron chi connectivity index (χ4n) is 1.62. The van der Waals surface area contributed by atoms with E-state index in [4.69, 9.17) is 21.7 Å². The fourth-order valence-corrected chi connectivity index (χ4v) is 1.62. The van der Waals surface area contributed by atoms with Crippen molar-refractivity contribution in [2.45, 2.75) is 12.8 Å². The van der Waals surface area contributed by atoms with E-state index in [1.807, 2.05) is 0 Å². The maximum absolute atomic E-state index is 10.2. The van der Waals surface area contributed by atoms with Crippen molar-refractivity contribution in [1.29, 1.82) is 0 Å². The maximum atomic E-state index is 10.2. The van der Waals surface area contributed by atoms with Gasteiger partial charge in [0, 0.05) is 28.4 Å². The van der Waals surface area contributed by atoms with Crippen molar-refractivity contribution in [2.24, 2.45) is 0 Å². The molecule has 2 aromatic rings. The quantitative estimate of drug-likeness (QED) is 0.483. The number of anilines is 2. The van der Waals surface area contributed by atoms with Crippen LogP contribution in [-0.2, 0) is 39.5 Å². The number of nitrogen functional groups attached to an aromatic ring is 2. The van der Waals surface area contributed by atoms with Crippen molar-refractivity contribution < 1.29 is 36.9 Å². The van der Waals surface area contributed by atoms with Gasteiger partial charge in [-0.05, 0) is 35.4 Å². The molecular formula is C16H18CuN2O4. The molecule has 0 unspecified atom stereocenters. The summed E-state index contributed by atoms with van der Waals surface area (Å²) < 4.78 is 0. The summed E-state index contributed by atoms with van der Waals surface area (Å²) in [5, 5.41) is 16.8. The van der Waals surface area contributed by atoms with Gasteiger partial charge >= 0.3 is 11.9 Å². The Bertz CT molecular complexity index is 570. The Kier molecular flexibility index (Phi) is 9.15. The number of hydrogen-bond donors (Lipinski definition) is 4. The number of nitrogens with two attached hydrogens (primary N) is 2. The second-order valence-corrected chi connectivity index (χ2v) is 4.62. The zero-order valence-electron chi connectivity index (χ0n) is 12.2. The first-order valence-electron chi connectivity index (χ1n) is 6.49. The molecule has 0 saturated carbocycles. The predicted octanol–water partition coefficient (Wildman–Crippen LogP) is 1.79. The zero-order valence-corrected chi connectivity index (χ0v) is 13.1. The fraction of sp³-hybridized carbons (Fsp3) is 0.125. The van der Waals surface area contributed by atoms with Crippen LogP contribution >= 0.6 is 0 Å². The van der Waals surface area contributed by atoms with Crippen LogP contribution in [0.4, 0.5) is 11.4 Å². The van der Waals surface area contributed by atoms with Gasteiger partial charge < -0.3 is 21.7 Å². The Morgan fingerprint density at radius 2 is 0.957 bits per heavy atom. The van der Waals surface area contributed by atoms with Crippen LogP contribution < -0.4 is 11.5 Å². The average Bonchev–Trinajstić information content (AvgIpc) is 2.44. The average molecular weight is 366 g/mol. The Balaban J connectivity index is 0.000000403. The molecule has 23 heavy (non-hydrogen) atoms. The molecular weight excluding hydrogens is 348 g/mol. The zero-order chi connectivity index (χ0) is 16.5. The molecule has 0 aliphatic carbocycles. The molecule has 7 heteroatoms. The van der Waals surface area contributed by atoms with E-state index in [0.717, 1.165) is 11.1 Å². The summed E-state index contributed by atoms with van der Waals surface area (Å²) >= 11 is 0. The summed E-state index contributed by atoms with van der Waals surface area (Å²) in [7, 11) is 0. The normalized spacial score (nSPS) is 9.04. The van der Waals surface area contributed by atoms with Crippen molar-refractivity contribution in [3.63, 3.8) is 0 Å². The Morgan fingerprint density at radius 3 is 1.17 bits per heavy atom. The molecule has 0 aliphatic heterocycles. The second-order valence-electron chi connectivity index (χ2n) is 4.62. The first kappa shape index (κ1) is 20.5. The van der Waals surface area contributed by atoms with E-state index in [1.165, 1.54) is 0 Å². The molecule has 0 aliphatic rings. The number of carboxylic acids is 2. The van der Waals surface area contributed by atoms with E-state index < -0.39 is 11.9 Å². The van der Waals surface area contributed by atoms with Crippen LogP contribution in [-0.4, -0.2) is 22.2 Å². The summed E-state index contributed by atoms with van der Waals surface area (Å²) in [6.45, 7) is 0. The van der Waals surface area contributed by atoms with Gasteiger partial charge in [0.1, 0.15) is 0 Å². The van der Waals surface area contributed by atoms with Gasteiger partial charge in [-0.2, -0.15) is 0 Å². The Morgan fingerprint density at radius 1 is 0.696 bits per heavy atom. The number of carbonyl (C=O) groups is 2. The van der Waals surface area contributed by atoms with Crippen molar-refractivity contribution in [1.82, 2.24) is 0 Å². The van der Waals surface area contributed by atoms with Crippen molar-refractivity contribution in [2.75, 3.05) is 11.5 Å². The van der Waals surface area contributed by atoms with Crippen LogP contribution in [0.1, 0.15) is 11.1 Å². The van der Waals surface area contributed by atoms with Gasteiger partial charge in [0.25, 0.3) is 0 Å². The molecule has 2 rings (SSSR count). The number of benzene rings is 2. The van der Waals surface area contributed by atoms with Gasteiger partial charge in [0.2, 0.25) is 0 Å². The van der Waals surface area contributed by atoms with E-state index in [2.05, 4.69) is 0 Å². The van der Waals surface area contributed by atoms with Crippen molar-refractivity contribution in [3.05, 3.63) is 59.7 Å². The van der Waals surface area contributed by atoms with E-state index >= 15 is 0 Å². The monoisotopic (exact) mass is 365 g/mol. The minimum Gasteiger partial charge on any atom is -0.481 e. The number of hydrogen-bond acceptors (Lipinski definition) is 4. The predicted molar refractivity (Wildman–Crippen MR) is 84.4 cm³/mol. The maximum Gasteiger partial charge on any atom is 0.307 e. The van der Waals surface area contributed by atoms with Crippen LogP contribution in [0.2, 0.25) is 0 Å². The topological polar surface area (TPSA) is 127 Å². The van der Waals surface area contributed by atoms with E-state index in [1.54, 1.807) is 48.5 Å². The van der Waals surface area contributed by atoms with E-state index in [-0.39, 0.29) is 29.9 Å². The van der Waals surface area contributed by atoms with E-state index in [9.17, 15) is 9.59 Å². The van der Waals surface area contributed by atoms with Gasteiger partial charge in [-0.25, -0.2) is 0 Å². The summed E-state index contributed by atoms with van der Waals surface area (Å²) in [5.41, 5.74) is 13.7. The van der Waals surface area contributed by atoms with Crippen LogP contribution in [0.5, 0.6) is 0 Å². The van der Waals surface area contributed by atoms with Gasteiger partial charge in [-0.15, -0.1) is 0 Å². The number of aliphatic carboxylic acids is 2. The summed E-state index contributed by atoms with van der Waals surface area (Å²) in [4.78, 5) is 20.4. The van der Waals surface area contributed by atoms with Crippen LogP contribution in [0.3, 0.4) is 0 Å². The molecule has 1 radical (unpaired) electrons. The summed E-state index contributed by atoms with van der Waals surface area (Å²) in [6.07, 6.45) is 0.112. The smallest absolute Gasteiger partial charge is 0.307 e. The summed E-state index contributed by atoms with van der Waals surface area (Å²) in [6, 6.07) is 13.6. The molecule has 2 aromatic carbocycles. The third kappa shape index (κ3) is 9.18. The standard InChI is InChI=1S/2C8H9NO2.Cu/c2*9-7-3-1-6(2-4-7)5-8(10)11;/h2*1-4H,5,9H2,(H,10,11);. The SMILES string of the molecule is Nc1ccc(CC(=O)O)cc1.Nc1ccc(CC(=O)O)cc1.[Cu]. The van der Waals surface area contributed by atoms with Crippen LogP contribution in [0.15, 0.2) is 48.5 Å². The molecule has 0 atom stereocenters. The third-order valence-corrected chi connectivity index (χ3v) is 2.67. The van der Waals surface area contributed by atoms with Crippen molar-refractivity contribution >= 4 is 23.3 Å². The molecule has 0 saturated heterocycles. The van der Waals surface area contributed by atoms with Gasteiger partial charge in [-0.1, -0.05) is 24.3 Å². The largest absolute Gasteiger partial charge is 0.481 e. The van der Waals surface area contributed by atoms with Crippen LogP contribution in [0.25, 0.3) is 0 Å². The minimum absolute atomic E-state index is 0. The summed E-state index contributed by atoms with van der Waals surface area (Å²) in [5.74, 6) is -1.65. The molecule has 6 N–H and O–H groups in total. The number of rotatable bonds is 4. The molecule has 0 spiro atoms. The Labute approximate surface area is 144 Å². The minimum atomic E-state index is -0.824. The first-order chi connectivity index (χ1) is 10.4. The third-order valence-electron chi connectivity index (χ3n) is 2.67. The second kappa shape index (κ2) is 10.3. The molecule has 0 heterocycles. The van der Waals surface area contributed by atoms with Gasteiger partial charge in [0.05, 0.1) is 12.8 Å².